The highest BCUT2D eigenvalue weighted by molar-refractivity contribution is 6.74. The number of hydrogen-bond acceptors (Lipinski definition) is 7. The van der Waals surface area contributed by atoms with Gasteiger partial charge in [0.1, 0.15) is 6.04 Å². The average molecular weight is 925 g/mol. The maximum absolute atomic E-state index is 14.9. The van der Waals surface area contributed by atoms with E-state index in [1.807, 2.05) is 64.4 Å². The van der Waals surface area contributed by atoms with Crippen molar-refractivity contribution in [2.24, 2.45) is 0 Å². The fourth-order valence-corrected chi connectivity index (χ4v) is 9.11. The molecule has 14 heteroatoms. The number of amides is 3. The minimum Gasteiger partial charge on any atom is -0.415 e. The number of carbonyl (C=O) groups is 3. The molecule has 1 unspecified atom stereocenters. The molecular formula is C52H67F3N6O4Si. The molecule has 10 nitrogen and oxygen atoms in total. The van der Waals surface area contributed by atoms with E-state index in [4.69, 9.17) is 4.43 Å². The van der Waals surface area contributed by atoms with E-state index in [-0.39, 0.29) is 29.8 Å². The maximum Gasteiger partial charge on any atom is 0.416 e. The third-order valence-corrected chi connectivity index (χ3v) is 18.0. The Morgan fingerprint density at radius 2 is 1.33 bits per heavy atom. The highest BCUT2D eigenvalue weighted by Crippen LogP contribution is 2.36. The molecule has 2 heterocycles. The van der Waals surface area contributed by atoms with Gasteiger partial charge in [0.15, 0.2) is 8.32 Å². The van der Waals surface area contributed by atoms with Crippen LogP contribution in [-0.2, 0) is 44.5 Å². The first-order chi connectivity index (χ1) is 31.3. The second-order valence-corrected chi connectivity index (χ2v) is 23.9. The molecule has 1 atom stereocenters. The highest BCUT2D eigenvalue weighted by Gasteiger charge is 2.37. The van der Waals surface area contributed by atoms with Crippen LogP contribution in [0.5, 0.6) is 0 Å². The van der Waals surface area contributed by atoms with E-state index < -0.39 is 32.0 Å². The second kappa shape index (κ2) is 21.9. The van der Waals surface area contributed by atoms with Gasteiger partial charge in [0.2, 0.25) is 17.7 Å². The van der Waals surface area contributed by atoms with Gasteiger partial charge in [0, 0.05) is 110 Å². The predicted octanol–water partition coefficient (Wildman–Crippen LogP) is 8.83. The summed E-state index contributed by atoms with van der Waals surface area (Å²) >= 11 is 0. The maximum atomic E-state index is 14.9. The fraction of sp³-hybridized carbons (Fsp3) is 0.442. The summed E-state index contributed by atoms with van der Waals surface area (Å²) < 4.78 is 46.4. The lowest BCUT2D eigenvalue weighted by Crippen LogP contribution is -2.56. The van der Waals surface area contributed by atoms with E-state index >= 15 is 0 Å². The largest absolute Gasteiger partial charge is 0.416 e. The van der Waals surface area contributed by atoms with E-state index in [1.165, 1.54) is 29.8 Å². The lowest BCUT2D eigenvalue weighted by Gasteiger charge is -2.39. The first-order valence-electron chi connectivity index (χ1n) is 23.0. The number of benzene rings is 4. The molecule has 0 radical (unpaired) electrons. The van der Waals surface area contributed by atoms with Crippen molar-refractivity contribution in [3.63, 3.8) is 0 Å². The van der Waals surface area contributed by atoms with Crippen molar-refractivity contribution in [1.82, 2.24) is 19.6 Å². The zero-order valence-corrected chi connectivity index (χ0v) is 40.7. The van der Waals surface area contributed by atoms with Crippen LogP contribution in [0.3, 0.4) is 0 Å². The van der Waals surface area contributed by atoms with Gasteiger partial charge >= 0.3 is 6.18 Å². The summed E-state index contributed by atoms with van der Waals surface area (Å²) in [5.74, 6) is -0.517. The quantitative estimate of drug-likeness (QED) is 0.0822. The summed E-state index contributed by atoms with van der Waals surface area (Å²) in [5, 5.41) is 0.167. The van der Waals surface area contributed by atoms with Crippen LogP contribution in [0, 0.1) is 0 Å². The third kappa shape index (κ3) is 13.6. The average Bonchev–Trinajstić information content (AvgIpc) is 3.29. The van der Waals surface area contributed by atoms with Gasteiger partial charge in [-0.1, -0.05) is 87.5 Å². The van der Waals surface area contributed by atoms with Crippen LogP contribution in [0.25, 0.3) is 6.08 Å². The number of carbonyl (C=O) groups excluding carboxylic acids is 3. The summed E-state index contributed by atoms with van der Waals surface area (Å²) in [6, 6.07) is 30.0. The van der Waals surface area contributed by atoms with Crippen LogP contribution in [0.1, 0.15) is 55.5 Å². The summed E-state index contributed by atoms with van der Waals surface area (Å²) in [6.07, 6.45) is -1.35. The first-order valence-corrected chi connectivity index (χ1v) is 25.9. The van der Waals surface area contributed by atoms with E-state index in [2.05, 4.69) is 79.9 Å². The Hall–Kier alpha value is -5.44. The van der Waals surface area contributed by atoms with Gasteiger partial charge < -0.3 is 28.9 Å². The Bertz CT molecular complexity index is 2230. The van der Waals surface area contributed by atoms with Crippen LogP contribution in [-0.4, -0.2) is 124 Å². The number of halogens is 3. The number of nitrogens with zero attached hydrogens (tertiary/aromatic N) is 6. The van der Waals surface area contributed by atoms with Crippen LogP contribution in [0.2, 0.25) is 18.1 Å². The Labute approximate surface area is 390 Å². The highest BCUT2D eigenvalue weighted by atomic mass is 28.4. The molecule has 2 aliphatic rings. The normalized spacial score (nSPS) is 15.8. The van der Waals surface area contributed by atoms with Crippen LogP contribution >= 0.6 is 0 Å². The number of piperazine rings is 2. The second-order valence-electron chi connectivity index (χ2n) is 19.1. The summed E-state index contributed by atoms with van der Waals surface area (Å²) in [6.45, 7) is 20.3. The molecule has 2 aliphatic heterocycles. The van der Waals surface area contributed by atoms with E-state index in [1.54, 1.807) is 11.8 Å². The number of hydrogen-bond donors (Lipinski definition) is 0. The number of rotatable bonds is 16. The Balaban J connectivity index is 1.16. The number of alkyl halides is 3. The van der Waals surface area contributed by atoms with Crippen molar-refractivity contribution < 1.29 is 32.0 Å². The molecule has 0 aliphatic carbocycles. The fourth-order valence-electron chi connectivity index (χ4n) is 8.08. The molecule has 0 saturated carbocycles. The first kappa shape index (κ1) is 50.0. The SMILES string of the molecule is CC(=O)N1CCN(c2ccc(CN(C(=O)C=Cc3ccc(C(F)(F)F)cc3)C(Cc3ccccc3)C(=O)N3CCN(Cc4ccc(N(C)CCO[Si](C)(C)C(C)(C)C)cc4)CC3)cc2)CC1. The Morgan fingerprint density at radius 1 is 0.742 bits per heavy atom. The molecule has 0 bridgehead atoms. The molecule has 6 rings (SSSR count). The van der Waals surface area contributed by atoms with Crippen LogP contribution < -0.4 is 9.80 Å². The van der Waals surface area contributed by atoms with Crippen LogP contribution in [0.15, 0.2) is 109 Å². The smallest absolute Gasteiger partial charge is 0.415 e. The Morgan fingerprint density at radius 3 is 1.91 bits per heavy atom. The van der Waals surface area contributed by atoms with Crippen LogP contribution in [0.4, 0.5) is 24.5 Å². The molecule has 0 spiro atoms. The minimum atomic E-state index is -4.48. The molecule has 0 aromatic heterocycles. The van der Waals surface area contributed by atoms with Gasteiger partial charge in [-0.05, 0) is 82.9 Å². The van der Waals surface area contributed by atoms with E-state index in [0.717, 1.165) is 47.7 Å². The van der Waals surface area contributed by atoms with Crippen molar-refractivity contribution in [2.45, 2.75) is 77.6 Å². The van der Waals surface area contributed by atoms with Gasteiger partial charge in [-0.3, -0.25) is 19.3 Å². The molecule has 3 amide bonds. The molecular weight excluding hydrogens is 858 g/mol. The molecule has 66 heavy (non-hydrogen) atoms. The number of anilines is 2. The Kier molecular flexibility index (Phi) is 16.6. The van der Waals surface area contributed by atoms with Gasteiger partial charge in [-0.2, -0.15) is 13.2 Å². The van der Waals surface area contributed by atoms with E-state index in [9.17, 15) is 27.6 Å². The zero-order chi connectivity index (χ0) is 47.6. The number of likely N-dealkylation sites (N-methyl/N-ethyl adjacent to an activating group) is 1. The third-order valence-electron chi connectivity index (χ3n) is 13.4. The molecule has 2 saturated heterocycles. The van der Waals surface area contributed by atoms with Gasteiger partial charge in [-0.25, -0.2) is 0 Å². The summed E-state index contributed by atoms with van der Waals surface area (Å²) in [5.41, 5.74) is 4.70. The van der Waals surface area contributed by atoms with Gasteiger partial charge in [0.25, 0.3) is 0 Å². The molecule has 354 valence electrons. The lowest BCUT2D eigenvalue weighted by molar-refractivity contribution is -0.145. The predicted molar refractivity (Wildman–Crippen MR) is 261 cm³/mol. The topological polar surface area (TPSA) is 79.9 Å². The van der Waals surface area contributed by atoms with Crippen molar-refractivity contribution in [3.8, 4) is 0 Å². The molecule has 4 aromatic carbocycles. The monoisotopic (exact) mass is 924 g/mol. The summed E-state index contributed by atoms with van der Waals surface area (Å²) in [4.78, 5) is 53.3. The van der Waals surface area contributed by atoms with E-state index in [0.29, 0.717) is 64.5 Å². The summed E-state index contributed by atoms with van der Waals surface area (Å²) in [7, 11) is 0.275. The van der Waals surface area contributed by atoms with Gasteiger partial charge in [-0.15, -0.1) is 0 Å². The van der Waals surface area contributed by atoms with Crippen molar-refractivity contribution >= 4 is 43.5 Å². The molecule has 4 aromatic rings. The van der Waals surface area contributed by atoms with Crippen molar-refractivity contribution in [1.29, 1.82) is 0 Å². The molecule has 0 N–H and O–H groups in total. The minimum absolute atomic E-state index is 0.0627. The standard InChI is InChI=1S/C52H67F3N6O4Si/c1-40(62)58-31-33-59(34-32-58)47-24-17-44(18-25-47)39-61(49(63)26-19-41-13-20-45(21-14-41)52(53,54)55)48(37-42-11-9-8-10-12-42)50(64)60-29-27-57(28-30-60)38-43-15-22-46(23-16-43)56(5)35-36-65-66(6,7)51(2,3)4/h8-26,48H,27-39H2,1-7H3. The lowest BCUT2D eigenvalue weighted by atomic mass is 10.0. The molecule has 2 fully saturated rings. The van der Waals surface area contributed by atoms with Crippen molar-refractivity contribution in [3.05, 3.63) is 137 Å². The van der Waals surface area contributed by atoms with Crippen molar-refractivity contribution in [2.75, 3.05) is 82.4 Å². The van der Waals surface area contributed by atoms with Gasteiger partial charge in [0.05, 0.1) is 12.2 Å². The zero-order valence-electron chi connectivity index (χ0n) is 39.7.